The fourth-order valence-electron chi connectivity index (χ4n) is 1.46. The first-order chi connectivity index (χ1) is 5.49. The first-order valence-electron chi connectivity index (χ1n) is 4.05. The molecular weight excluding hydrogens is 182 g/mol. The Labute approximate surface area is 76.1 Å². The molecule has 12 heavy (non-hydrogen) atoms. The average molecular weight is 194 g/mol. The van der Waals surface area contributed by atoms with Gasteiger partial charge in [-0.15, -0.1) is 0 Å². The largest absolute Gasteiger partial charge is 0.484 e. The van der Waals surface area contributed by atoms with E-state index in [0.29, 0.717) is 17.9 Å². The van der Waals surface area contributed by atoms with E-state index in [0.717, 1.165) is 0 Å². The molecule has 1 unspecified atom stereocenters. The van der Waals surface area contributed by atoms with Gasteiger partial charge in [0.1, 0.15) is 6.10 Å². The van der Waals surface area contributed by atoms with Crippen molar-refractivity contribution in [1.29, 1.82) is 0 Å². The molecule has 1 rings (SSSR count). The minimum absolute atomic E-state index is 0.0106. The van der Waals surface area contributed by atoms with Crippen LogP contribution in [0.4, 0.5) is 8.78 Å². The maximum Gasteiger partial charge on any atom is 0.251 e. The lowest BCUT2D eigenvalue weighted by Gasteiger charge is -2.28. The van der Waals surface area contributed by atoms with Crippen molar-refractivity contribution in [2.24, 2.45) is 0 Å². The number of hydrogen-bond donors (Lipinski definition) is 0. The molecule has 0 heterocycles. The molecule has 0 radical (unpaired) electrons. The molecule has 1 nitrogen and oxygen atoms in total. The molecule has 0 aromatic heterocycles. The maximum absolute atomic E-state index is 12.8. The van der Waals surface area contributed by atoms with Gasteiger partial charge in [-0.1, -0.05) is 0 Å². The third-order valence-corrected chi connectivity index (χ3v) is 2.02. The van der Waals surface area contributed by atoms with Crippen molar-refractivity contribution in [3.63, 3.8) is 0 Å². The van der Waals surface area contributed by atoms with Crippen LogP contribution in [0.15, 0.2) is 0 Å². The highest BCUT2D eigenvalue weighted by molar-refractivity contribution is 7.80. The summed E-state index contributed by atoms with van der Waals surface area (Å²) in [5.74, 6) is -2.55. The summed E-state index contributed by atoms with van der Waals surface area (Å²) in [7, 11) is 0. The van der Waals surface area contributed by atoms with Gasteiger partial charge < -0.3 is 4.74 Å². The molecule has 0 aromatic carbocycles. The normalized spacial score (nSPS) is 28.1. The lowest BCUT2D eigenvalue weighted by molar-refractivity contribution is -0.0717. The topological polar surface area (TPSA) is 9.23 Å². The highest BCUT2D eigenvalue weighted by Crippen LogP contribution is 2.34. The Balaban J connectivity index is 2.41. The van der Waals surface area contributed by atoms with Gasteiger partial charge in [0.25, 0.3) is 5.92 Å². The van der Waals surface area contributed by atoms with Gasteiger partial charge in [0.15, 0.2) is 5.05 Å². The molecule has 70 valence electrons. The molecular formula is C8H12F2OS. The Morgan fingerprint density at radius 3 is 2.75 bits per heavy atom. The van der Waals surface area contributed by atoms with Crippen molar-refractivity contribution in [2.45, 2.75) is 44.6 Å². The summed E-state index contributed by atoms with van der Waals surface area (Å²) in [4.78, 5) is 0. The van der Waals surface area contributed by atoms with Gasteiger partial charge in [0.05, 0.1) is 0 Å². The van der Waals surface area contributed by atoms with Gasteiger partial charge >= 0.3 is 0 Å². The van der Waals surface area contributed by atoms with E-state index in [-0.39, 0.29) is 18.9 Å². The SMILES string of the molecule is CC(=S)OC1CCCC(F)(F)C1. The van der Waals surface area contributed by atoms with Gasteiger partial charge in [-0.25, -0.2) is 8.78 Å². The van der Waals surface area contributed by atoms with Gasteiger partial charge in [0.2, 0.25) is 0 Å². The van der Waals surface area contributed by atoms with E-state index >= 15 is 0 Å². The van der Waals surface area contributed by atoms with E-state index in [4.69, 9.17) is 4.74 Å². The third kappa shape index (κ3) is 3.01. The molecule has 0 saturated heterocycles. The summed E-state index contributed by atoms with van der Waals surface area (Å²) >= 11 is 4.68. The van der Waals surface area contributed by atoms with Crippen LogP contribution in [0.5, 0.6) is 0 Å². The number of ether oxygens (including phenoxy) is 1. The van der Waals surface area contributed by atoms with E-state index in [1.54, 1.807) is 6.92 Å². The fraction of sp³-hybridized carbons (Fsp3) is 0.875. The first kappa shape index (κ1) is 9.84. The molecule has 1 atom stereocenters. The van der Waals surface area contributed by atoms with Crippen molar-refractivity contribution in [3.8, 4) is 0 Å². The van der Waals surface area contributed by atoms with E-state index in [1.807, 2.05) is 0 Å². The second-order valence-corrected chi connectivity index (χ2v) is 3.76. The minimum Gasteiger partial charge on any atom is -0.484 e. The van der Waals surface area contributed by atoms with E-state index in [9.17, 15) is 8.78 Å². The fourth-order valence-corrected chi connectivity index (χ4v) is 1.60. The predicted octanol–water partition coefficient (Wildman–Crippen LogP) is 2.93. The zero-order valence-electron chi connectivity index (χ0n) is 6.98. The van der Waals surface area contributed by atoms with Crippen LogP contribution >= 0.6 is 12.2 Å². The second-order valence-electron chi connectivity index (χ2n) is 3.18. The molecule has 0 aromatic rings. The van der Waals surface area contributed by atoms with Crippen LogP contribution in [0.25, 0.3) is 0 Å². The number of alkyl halides is 2. The standard InChI is InChI=1S/C8H12F2OS/c1-6(12)11-7-3-2-4-8(9,10)5-7/h7H,2-5H2,1H3. The number of rotatable bonds is 1. The molecule has 1 saturated carbocycles. The van der Waals surface area contributed by atoms with Gasteiger partial charge in [0, 0.05) is 19.8 Å². The quantitative estimate of drug-likeness (QED) is 0.593. The zero-order chi connectivity index (χ0) is 9.19. The molecule has 0 bridgehead atoms. The Morgan fingerprint density at radius 1 is 1.58 bits per heavy atom. The summed E-state index contributed by atoms with van der Waals surface area (Å²) in [6.45, 7) is 1.61. The van der Waals surface area contributed by atoms with Gasteiger partial charge in [-0.05, 0) is 25.1 Å². The van der Waals surface area contributed by atoms with E-state index < -0.39 is 5.92 Å². The van der Waals surface area contributed by atoms with Crippen LogP contribution in [0.1, 0.15) is 32.6 Å². The average Bonchev–Trinajstić information content (AvgIpc) is 1.82. The van der Waals surface area contributed by atoms with Crippen LogP contribution in [-0.4, -0.2) is 17.1 Å². The minimum atomic E-state index is -2.55. The summed E-state index contributed by atoms with van der Waals surface area (Å²) in [5.41, 5.74) is 0. The van der Waals surface area contributed by atoms with Gasteiger partial charge in [-0.3, -0.25) is 0 Å². The summed E-state index contributed by atoms with van der Waals surface area (Å²) in [6.07, 6.45) is 0.667. The van der Waals surface area contributed by atoms with Crippen LogP contribution in [0, 0.1) is 0 Å². The lowest BCUT2D eigenvalue weighted by Crippen LogP contribution is -2.31. The van der Waals surface area contributed by atoms with Crippen molar-refractivity contribution in [1.82, 2.24) is 0 Å². The predicted molar refractivity (Wildman–Crippen MR) is 46.6 cm³/mol. The molecule has 1 aliphatic rings. The number of halogens is 2. The Kier molecular flexibility index (Phi) is 2.99. The van der Waals surface area contributed by atoms with Crippen molar-refractivity contribution >= 4 is 17.3 Å². The molecule has 0 N–H and O–H groups in total. The van der Waals surface area contributed by atoms with Crippen molar-refractivity contribution in [3.05, 3.63) is 0 Å². The van der Waals surface area contributed by atoms with Crippen molar-refractivity contribution in [2.75, 3.05) is 0 Å². The highest BCUT2D eigenvalue weighted by atomic mass is 32.1. The van der Waals surface area contributed by atoms with Gasteiger partial charge in [-0.2, -0.15) is 0 Å². The molecule has 0 amide bonds. The number of thiocarbonyl (C=S) groups is 1. The molecule has 0 aliphatic heterocycles. The smallest absolute Gasteiger partial charge is 0.251 e. The van der Waals surface area contributed by atoms with Crippen LogP contribution in [0.2, 0.25) is 0 Å². The van der Waals surface area contributed by atoms with Crippen LogP contribution in [-0.2, 0) is 4.74 Å². The highest BCUT2D eigenvalue weighted by Gasteiger charge is 2.37. The summed E-state index contributed by atoms with van der Waals surface area (Å²) in [6, 6.07) is 0. The third-order valence-electron chi connectivity index (χ3n) is 1.93. The Morgan fingerprint density at radius 2 is 2.25 bits per heavy atom. The van der Waals surface area contributed by atoms with E-state index in [2.05, 4.69) is 12.2 Å². The lowest BCUT2D eigenvalue weighted by atomic mass is 9.94. The molecule has 1 aliphatic carbocycles. The molecule has 0 spiro atoms. The second kappa shape index (κ2) is 3.64. The molecule has 4 heteroatoms. The first-order valence-corrected chi connectivity index (χ1v) is 4.45. The Bertz CT molecular complexity index is 182. The summed E-state index contributed by atoms with van der Waals surface area (Å²) in [5, 5.41) is 0.359. The van der Waals surface area contributed by atoms with E-state index in [1.165, 1.54) is 0 Å². The molecule has 1 fully saturated rings. The Hall–Kier alpha value is -0.250. The summed E-state index contributed by atoms with van der Waals surface area (Å²) < 4.78 is 30.6. The van der Waals surface area contributed by atoms with Crippen molar-refractivity contribution < 1.29 is 13.5 Å². The van der Waals surface area contributed by atoms with Crippen LogP contribution in [0.3, 0.4) is 0 Å². The zero-order valence-corrected chi connectivity index (χ0v) is 7.79. The number of hydrogen-bond acceptors (Lipinski definition) is 2. The monoisotopic (exact) mass is 194 g/mol. The maximum atomic E-state index is 12.8. The van der Waals surface area contributed by atoms with Crippen LogP contribution < -0.4 is 0 Å².